The quantitative estimate of drug-likeness (QED) is 0.259. The van der Waals surface area contributed by atoms with Crippen molar-refractivity contribution in [3.8, 4) is 17.0 Å². The number of fused-ring (bicyclic) bond motifs is 1. The molecule has 2 aromatic carbocycles. The van der Waals surface area contributed by atoms with Gasteiger partial charge in [-0.05, 0) is 48.9 Å². The monoisotopic (exact) mass is 500 g/mol. The van der Waals surface area contributed by atoms with Gasteiger partial charge in [-0.3, -0.25) is 15.4 Å². The standard InChI is InChI=1S/C24H20ClF3N6O/c1-14(24(26,27)28)35-21-9-6-16(12-31-21)15-4-3-5-18(10-15)33(2)22-19-8-7-17(25)11-20(19)34(13-29)23(30)32-22/h3-14,29-30H,1-2H3. The Kier molecular flexibility index (Phi) is 6.49. The van der Waals surface area contributed by atoms with E-state index in [0.717, 1.165) is 24.5 Å². The Morgan fingerprint density at radius 2 is 1.89 bits per heavy atom. The van der Waals surface area contributed by atoms with Gasteiger partial charge in [0.05, 0.1) is 11.9 Å². The van der Waals surface area contributed by atoms with E-state index in [-0.39, 0.29) is 11.5 Å². The van der Waals surface area contributed by atoms with Crippen LogP contribution in [-0.4, -0.2) is 40.2 Å². The molecule has 0 spiro atoms. The molecule has 0 aliphatic carbocycles. The zero-order valence-corrected chi connectivity index (χ0v) is 19.4. The van der Waals surface area contributed by atoms with Gasteiger partial charge in [0.25, 0.3) is 0 Å². The van der Waals surface area contributed by atoms with Gasteiger partial charge in [0, 0.05) is 41.0 Å². The van der Waals surface area contributed by atoms with E-state index in [1.54, 1.807) is 31.3 Å². The Labute approximate surface area is 203 Å². The van der Waals surface area contributed by atoms with E-state index >= 15 is 0 Å². The first kappa shape index (κ1) is 24.2. The Morgan fingerprint density at radius 1 is 1.11 bits per heavy atom. The fraction of sp³-hybridized carbons (Fsp3) is 0.167. The fourth-order valence-electron chi connectivity index (χ4n) is 3.49. The van der Waals surface area contributed by atoms with E-state index in [9.17, 15) is 13.2 Å². The van der Waals surface area contributed by atoms with Crippen LogP contribution in [0, 0.1) is 10.8 Å². The summed E-state index contributed by atoms with van der Waals surface area (Å²) < 4.78 is 44.4. The summed E-state index contributed by atoms with van der Waals surface area (Å²) in [6, 6.07) is 15.6. The van der Waals surface area contributed by atoms with Gasteiger partial charge in [-0.1, -0.05) is 23.7 Å². The number of anilines is 2. The van der Waals surface area contributed by atoms with Crippen LogP contribution >= 0.6 is 11.6 Å². The minimum Gasteiger partial charge on any atom is -0.465 e. The summed E-state index contributed by atoms with van der Waals surface area (Å²) in [5.74, 6) is 0.382. The molecule has 4 rings (SSSR count). The van der Waals surface area contributed by atoms with Crippen LogP contribution in [0.2, 0.25) is 5.02 Å². The molecule has 0 bridgehead atoms. The minimum absolute atomic E-state index is 0.118. The van der Waals surface area contributed by atoms with E-state index in [1.807, 2.05) is 29.2 Å². The zero-order chi connectivity index (χ0) is 25.3. The lowest BCUT2D eigenvalue weighted by molar-refractivity contribution is -0.189. The fourth-order valence-corrected chi connectivity index (χ4v) is 3.66. The van der Waals surface area contributed by atoms with Gasteiger partial charge in [-0.2, -0.15) is 18.2 Å². The first-order chi connectivity index (χ1) is 16.6. The molecule has 4 aromatic rings. The summed E-state index contributed by atoms with van der Waals surface area (Å²) in [7, 11) is 1.80. The molecule has 0 fully saturated rings. The minimum atomic E-state index is -4.48. The van der Waals surface area contributed by atoms with Crippen molar-refractivity contribution in [3.63, 3.8) is 0 Å². The zero-order valence-electron chi connectivity index (χ0n) is 18.6. The van der Waals surface area contributed by atoms with Crippen molar-refractivity contribution in [3.05, 3.63) is 71.4 Å². The average Bonchev–Trinajstić information content (AvgIpc) is 2.83. The number of nitrogens with zero attached hydrogens (tertiary/aromatic N) is 4. The van der Waals surface area contributed by atoms with Crippen LogP contribution in [0.15, 0.2) is 60.8 Å². The molecule has 11 heteroatoms. The van der Waals surface area contributed by atoms with Crippen molar-refractivity contribution >= 4 is 40.3 Å². The number of pyridine rings is 1. The summed E-state index contributed by atoms with van der Waals surface area (Å²) in [5.41, 5.74) is 2.66. The van der Waals surface area contributed by atoms with Crippen molar-refractivity contribution in [2.45, 2.75) is 19.2 Å². The molecule has 0 saturated heterocycles. The molecule has 1 atom stereocenters. The molecular formula is C24H20ClF3N6O. The highest BCUT2D eigenvalue weighted by molar-refractivity contribution is 6.31. The van der Waals surface area contributed by atoms with Gasteiger partial charge in [-0.15, -0.1) is 0 Å². The molecule has 2 heterocycles. The number of nitrogens with one attached hydrogen (secondary N) is 2. The molecule has 1 unspecified atom stereocenters. The normalized spacial score (nSPS) is 12.4. The third-order valence-electron chi connectivity index (χ3n) is 5.41. The predicted molar refractivity (Wildman–Crippen MR) is 129 cm³/mol. The summed E-state index contributed by atoms with van der Waals surface area (Å²) in [6.45, 7) is 0.927. The number of rotatable bonds is 6. The Hall–Kier alpha value is -3.92. The SMILES string of the molecule is CC(Oc1ccc(-c2cccc(N(C)c3nc(=N)n(C=N)c4cc(Cl)ccc34)c2)cn1)C(F)(F)F. The lowest BCUT2D eigenvalue weighted by atomic mass is 10.1. The smallest absolute Gasteiger partial charge is 0.425 e. The molecule has 0 aliphatic heterocycles. The average molecular weight is 501 g/mol. The van der Waals surface area contributed by atoms with Crippen molar-refractivity contribution in [1.29, 1.82) is 10.8 Å². The van der Waals surface area contributed by atoms with Gasteiger partial charge < -0.3 is 9.64 Å². The summed E-state index contributed by atoms with van der Waals surface area (Å²) in [6.07, 6.45) is -3.98. The second-order valence-corrected chi connectivity index (χ2v) is 8.15. The number of hydrogen-bond acceptors (Lipinski definition) is 6. The van der Waals surface area contributed by atoms with Crippen LogP contribution in [-0.2, 0) is 0 Å². The second kappa shape index (κ2) is 9.38. The summed E-state index contributed by atoms with van der Waals surface area (Å²) in [5, 5.41) is 17.0. The molecule has 0 amide bonds. The highest BCUT2D eigenvalue weighted by Crippen LogP contribution is 2.32. The first-order valence-electron chi connectivity index (χ1n) is 10.4. The largest absolute Gasteiger partial charge is 0.465 e. The maximum Gasteiger partial charge on any atom is 0.425 e. The van der Waals surface area contributed by atoms with Crippen molar-refractivity contribution in [2.24, 2.45) is 0 Å². The Bertz CT molecular complexity index is 1450. The maximum absolute atomic E-state index is 12.7. The van der Waals surface area contributed by atoms with Gasteiger partial charge in [0.2, 0.25) is 11.5 Å². The van der Waals surface area contributed by atoms with E-state index in [4.69, 9.17) is 27.2 Å². The third kappa shape index (κ3) is 4.97. The molecule has 35 heavy (non-hydrogen) atoms. The number of benzene rings is 2. The van der Waals surface area contributed by atoms with Gasteiger partial charge in [0.15, 0.2) is 6.10 Å². The lowest BCUT2D eigenvalue weighted by Gasteiger charge is -2.22. The van der Waals surface area contributed by atoms with Gasteiger partial charge in [0.1, 0.15) is 5.82 Å². The van der Waals surface area contributed by atoms with E-state index < -0.39 is 12.3 Å². The molecule has 2 N–H and O–H groups in total. The lowest BCUT2D eigenvalue weighted by Crippen LogP contribution is -2.31. The van der Waals surface area contributed by atoms with Gasteiger partial charge >= 0.3 is 6.18 Å². The predicted octanol–water partition coefficient (Wildman–Crippen LogP) is 5.78. The second-order valence-electron chi connectivity index (χ2n) is 7.72. The van der Waals surface area contributed by atoms with Crippen LogP contribution in [0.25, 0.3) is 22.0 Å². The topological polar surface area (TPSA) is 90.9 Å². The first-order valence-corrected chi connectivity index (χ1v) is 10.8. The van der Waals surface area contributed by atoms with Crippen molar-refractivity contribution < 1.29 is 17.9 Å². The molecular weight excluding hydrogens is 481 g/mol. The Balaban J connectivity index is 1.68. The van der Waals surface area contributed by atoms with Crippen LogP contribution in [0.3, 0.4) is 0 Å². The molecule has 7 nitrogen and oxygen atoms in total. The number of ether oxygens (including phenoxy) is 1. The molecule has 180 valence electrons. The molecule has 0 aliphatic rings. The Morgan fingerprint density at radius 3 is 2.54 bits per heavy atom. The van der Waals surface area contributed by atoms with Crippen LogP contribution in [0.4, 0.5) is 24.7 Å². The molecule has 2 aromatic heterocycles. The van der Waals surface area contributed by atoms with Crippen molar-refractivity contribution in [1.82, 2.24) is 14.5 Å². The molecule has 0 saturated carbocycles. The number of alkyl halides is 3. The van der Waals surface area contributed by atoms with Crippen molar-refractivity contribution in [2.75, 3.05) is 11.9 Å². The third-order valence-corrected chi connectivity index (χ3v) is 5.64. The van der Waals surface area contributed by atoms with E-state index in [2.05, 4.69) is 9.97 Å². The highest BCUT2D eigenvalue weighted by atomic mass is 35.5. The number of hydrogen-bond donors (Lipinski definition) is 2. The van der Waals surface area contributed by atoms with E-state index in [0.29, 0.717) is 27.3 Å². The van der Waals surface area contributed by atoms with Crippen LogP contribution in [0.5, 0.6) is 5.88 Å². The maximum atomic E-state index is 12.7. The van der Waals surface area contributed by atoms with E-state index in [1.165, 1.54) is 16.8 Å². The highest BCUT2D eigenvalue weighted by Gasteiger charge is 2.38. The van der Waals surface area contributed by atoms with Gasteiger partial charge in [-0.25, -0.2) is 4.98 Å². The number of halogens is 4. The summed E-state index contributed by atoms with van der Waals surface area (Å²) in [4.78, 5) is 10.2. The molecule has 0 radical (unpaired) electrons. The van der Waals surface area contributed by atoms with Crippen LogP contribution in [0.1, 0.15) is 6.92 Å². The number of aromatic nitrogens is 3. The summed E-state index contributed by atoms with van der Waals surface area (Å²) >= 11 is 6.14. The van der Waals surface area contributed by atoms with Crippen LogP contribution < -0.4 is 15.3 Å².